The fraction of sp³-hybridized carbons (Fsp3) is 0.158. The second kappa shape index (κ2) is 7.88. The lowest BCUT2D eigenvalue weighted by Gasteiger charge is -2.30. The fourth-order valence-corrected chi connectivity index (χ4v) is 3.66. The number of carbonyl (C=O) groups is 1. The van der Waals surface area contributed by atoms with Crippen molar-refractivity contribution in [2.45, 2.75) is 13.0 Å². The molecule has 3 rings (SSSR count). The van der Waals surface area contributed by atoms with Crippen molar-refractivity contribution in [3.63, 3.8) is 0 Å². The zero-order chi connectivity index (χ0) is 18.7. The SMILES string of the molecule is COc1ccc([C@@H]2NC(=S)NC(C)=C2C(=O)Nc2ccccc2)cc1Br. The Labute approximate surface area is 165 Å². The van der Waals surface area contributed by atoms with Crippen LogP contribution in [0, 0.1) is 0 Å². The molecular formula is C19H18BrN3O2S. The van der Waals surface area contributed by atoms with Gasteiger partial charge in [-0.15, -0.1) is 0 Å². The van der Waals surface area contributed by atoms with Crippen molar-refractivity contribution >= 4 is 44.9 Å². The number of benzene rings is 2. The van der Waals surface area contributed by atoms with Crippen LogP contribution in [0.3, 0.4) is 0 Å². The molecule has 0 radical (unpaired) electrons. The van der Waals surface area contributed by atoms with Crippen molar-refractivity contribution in [3.8, 4) is 5.75 Å². The second-order valence-electron chi connectivity index (χ2n) is 5.78. The molecule has 1 heterocycles. The zero-order valence-corrected chi connectivity index (χ0v) is 16.7. The van der Waals surface area contributed by atoms with Crippen LogP contribution in [0.1, 0.15) is 18.5 Å². The zero-order valence-electron chi connectivity index (χ0n) is 14.3. The number of nitrogens with one attached hydrogen (secondary N) is 3. The number of carbonyl (C=O) groups excluding carboxylic acids is 1. The van der Waals surface area contributed by atoms with Gasteiger partial charge in [0.05, 0.1) is 23.2 Å². The van der Waals surface area contributed by atoms with Crippen molar-refractivity contribution in [1.29, 1.82) is 0 Å². The molecule has 134 valence electrons. The van der Waals surface area contributed by atoms with Crippen LogP contribution >= 0.6 is 28.1 Å². The third-order valence-corrected chi connectivity index (χ3v) is 4.89. The maximum Gasteiger partial charge on any atom is 0.255 e. The molecule has 7 heteroatoms. The molecule has 1 aliphatic heterocycles. The number of allylic oxidation sites excluding steroid dienone is 1. The van der Waals surface area contributed by atoms with Crippen LogP contribution in [0.2, 0.25) is 0 Å². The van der Waals surface area contributed by atoms with Gasteiger partial charge in [0, 0.05) is 11.4 Å². The molecule has 3 N–H and O–H groups in total. The predicted octanol–water partition coefficient (Wildman–Crippen LogP) is 3.89. The Morgan fingerprint density at radius 2 is 1.96 bits per heavy atom. The van der Waals surface area contributed by atoms with Gasteiger partial charge < -0.3 is 20.7 Å². The molecule has 0 unspecified atom stereocenters. The standard InChI is InChI=1S/C19H18BrN3O2S/c1-11-16(18(24)22-13-6-4-3-5-7-13)17(23-19(26)21-11)12-8-9-15(25-2)14(20)10-12/h3-10,17H,1-2H3,(H,22,24)(H2,21,23,26)/t17-/m0/s1. The third-order valence-electron chi connectivity index (χ3n) is 4.05. The number of anilines is 1. The van der Waals surface area contributed by atoms with E-state index in [1.165, 1.54) is 0 Å². The van der Waals surface area contributed by atoms with Crippen LogP contribution in [0.25, 0.3) is 0 Å². The van der Waals surface area contributed by atoms with Gasteiger partial charge in [-0.3, -0.25) is 4.79 Å². The molecule has 2 aromatic carbocycles. The number of hydrogen-bond donors (Lipinski definition) is 3. The third kappa shape index (κ3) is 3.89. The van der Waals surface area contributed by atoms with E-state index in [0.717, 1.165) is 27.2 Å². The van der Waals surface area contributed by atoms with E-state index in [2.05, 4.69) is 31.9 Å². The Kier molecular flexibility index (Phi) is 5.58. The number of methoxy groups -OCH3 is 1. The Morgan fingerprint density at radius 1 is 1.23 bits per heavy atom. The van der Waals surface area contributed by atoms with Gasteiger partial charge >= 0.3 is 0 Å². The first-order chi connectivity index (χ1) is 12.5. The molecule has 1 aliphatic rings. The summed E-state index contributed by atoms with van der Waals surface area (Å²) >= 11 is 8.78. The normalized spacial score (nSPS) is 16.6. The molecule has 0 saturated carbocycles. The second-order valence-corrected chi connectivity index (χ2v) is 7.05. The van der Waals surface area contributed by atoms with Crippen molar-refractivity contribution in [2.24, 2.45) is 0 Å². The largest absolute Gasteiger partial charge is 0.496 e. The van der Waals surface area contributed by atoms with Crippen molar-refractivity contribution in [1.82, 2.24) is 10.6 Å². The van der Waals surface area contributed by atoms with Gasteiger partial charge in [-0.2, -0.15) is 0 Å². The number of rotatable bonds is 4. The van der Waals surface area contributed by atoms with Crippen LogP contribution in [0.4, 0.5) is 5.69 Å². The molecule has 1 atom stereocenters. The summed E-state index contributed by atoms with van der Waals surface area (Å²) in [7, 11) is 1.61. The summed E-state index contributed by atoms with van der Waals surface area (Å²) in [6.07, 6.45) is 0. The fourth-order valence-electron chi connectivity index (χ4n) is 2.83. The first-order valence-corrected chi connectivity index (χ1v) is 9.18. The van der Waals surface area contributed by atoms with Gasteiger partial charge in [-0.1, -0.05) is 24.3 Å². The predicted molar refractivity (Wildman–Crippen MR) is 110 cm³/mol. The molecule has 0 fully saturated rings. The first-order valence-electron chi connectivity index (χ1n) is 7.97. The molecule has 5 nitrogen and oxygen atoms in total. The van der Waals surface area contributed by atoms with Crippen LogP contribution in [0.5, 0.6) is 5.75 Å². The maximum atomic E-state index is 12.9. The summed E-state index contributed by atoms with van der Waals surface area (Å²) in [4.78, 5) is 12.9. The lowest BCUT2D eigenvalue weighted by atomic mass is 9.95. The molecule has 0 aliphatic carbocycles. The summed E-state index contributed by atoms with van der Waals surface area (Å²) in [6.45, 7) is 1.85. The van der Waals surface area contributed by atoms with Gasteiger partial charge in [0.1, 0.15) is 5.75 Å². The highest BCUT2D eigenvalue weighted by atomic mass is 79.9. The van der Waals surface area contributed by atoms with Gasteiger partial charge in [-0.05, 0) is 64.9 Å². The minimum absolute atomic E-state index is 0.187. The van der Waals surface area contributed by atoms with E-state index in [1.54, 1.807) is 7.11 Å². The van der Waals surface area contributed by atoms with E-state index in [0.29, 0.717) is 10.7 Å². The number of ether oxygens (including phenoxy) is 1. The Bertz CT molecular complexity index is 884. The van der Waals surface area contributed by atoms with Crippen LogP contribution in [0.15, 0.2) is 64.3 Å². The molecule has 1 amide bonds. The molecule has 26 heavy (non-hydrogen) atoms. The number of hydrogen-bond acceptors (Lipinski definition) is 3. The first kappa shape index (κ1) is 18.4. The van der Waals surface area contributed by atoms with Crippen molar-refractivity contribution < 1.29 is 9.53 Å². The minimum atomic E-state index is -0.366. The van der Waals surface area contributed by atoms with E-state index in [1.807, 2.05) is 55.5 Å². The molecular weight excluding hydrogens is 414 g/mol. The minimum Gasteiger partial charge on any atom is -0.496 e. The highest BCUT2D eigenvalue weighted by Gasteiger charge is 2.30. The van der Waals surface area contributed by atoms with Gasteiger partial charge in [0.25, 0.3) is 5.91 Å². The smallest absolute Gasteiger partial charge is 0.255 e. The topological polar surface area (TPSA) is 62.4 Å². The highest BCUT2D eigenvalue weighted by Crippen LogP contribution is 2.33. The monoisotopic (exact) mass is 431 g/mol. The summed E-state index contributed by atoms with van der Waals surface area (Å²) in [5.41, 5.74) is 2.94. The average molecular weight is 432 g/mol. The van der Waals surface area contributed by atoms with Crippen LogP contribution in [-0.4, -0.2) is 18.1 Å². The Hall–Kier alpha value is -2.38. The summed E-state index contributed by atoms with van der Waals surface area (Å²) in [6, 6.07) is 14.7. The molecule has 0 saturated heterocycles. The molecule has 0 bridgehead atoms. The number of thiocarbonyl (C=S) groups is 1. The van der Waals surface area contributed by atoms with Gasteiger partial charge in [0.2, 0.25) is 0 Å². The van der Waals surface area contributed by atoms with Crippen molar-refractivity contribution in [2.75, 3.05) is 12.4 Å². The number of amides is 1. The summed E-state index contributed by atoms with van der Waals surface area (Å²) < 4.78 is 6.10. The van der Waals surface area contributed by atoms with Gasteiger partial charge in [-0.25, -0.2) is 0 Å². The maximum absolute atomic E-state index is 12.9. The molecule has 0 spiro atoms. The van der Waals surface area contributed by atoms with Crippen LogP contribution in [-0.2, 0) is 4.79 Å². The van der Waals surface area contributed by atoms with Gasteiger partial charge in [0.15, 0.2) is 5.11 Å². The van der Waals surface area contributed by atoms with E-state index >= 15 is 0 Å². The Balaban J connectivity index is 1.96. The number of para-hydroxylation sites is 1. The lowest BCUT2D eigenvalue weighted by Crippen LogP contribution is -2.45. The molecule has 2 aromatic rings. The number of halogens is 1. The summed E-state index contributed by atoms with van der Waals surface area (Å²) in [5.74, 6) is 0.536. The summed E-state index contributed by atoms with van der Waals surface area (Å²) in [5, 5.41) is 9.64. The highest BCUT2D eigenvalue weighted by molar-refractivity contribution is 9.10. The Morgan fingerprint density at radius 3 is 2.62 bits per heavy atom. The van der Waals surface area contributed by atoms with E-state index < -0.39 is 0 Å². The van der Waals surface area contributed by atoms with Crippen molar-refractivity contribution in [3.05, 3.63) is 69.8 Å². The molecule has 0 aromatic heterocycles. The van der Waals surface area contributed by atoms with Crippen LogP contribution < -0.4 is 20.7 Å². The van der Waals surface area contributed by atoms with E-state index in [9.17, 15) is 4.79 Å². The van der Waals surface area contributed by atoms with E-state index in [4.69, 9.17) is 17.0 Å². The van der Waals surface area contributed by atoms with E-state index in [-0.39, 0.29) is 11.9 Å². The lowest BCUT2D eigenvalue weighted by molar-refractivity contribution is -0.113. The quantitative estimate of drug-likeness (QED) is 0.640. The average Bonchev–Trinajstić information content (AvgIpc) is 2.61.